The Morgan fingerprint density at radius 3 is 2.72 bits per heavy atom. The molecular weight excluding hydrogens is 315 g/mol. The van der Waals surface area contributed by atoms with E-state index in [0.717, 1.165) is 30.6 Å². The van der Waals surface area contributed by atoms with Gasteiger partial charge in [0.05, 0.1) is 6.54 Å². The second-order valence-corrected chi connectivity index (χ2v) is 7.03. The van der Waals surface area contributed by atoms with Crippen LogP contribution in [0.5, 0.6) is 0 Å². The molecule has 0 fully saturated rings. The molecule has 1 aromatic heterocycles. The molecule has 2 aromatic rings. The summed E-state index contributed by atoms with van der Waals surface area (Å²) in [6.07, 6.45) is 4.55. The summed E-state index contributed by atoms with van der Waals surface area (Å²) in [6.45, 7) is 8.33. The lowest BCUT2D eigenvalue weighted by molar-refractivity contribution is -0.132. The van der Waals surface area contributed by atoms with E-state index in [1.807, 2.05) is 29.3 Å². The van der Waals surface area contributed by atoms with Gasteiger partial charge in [0, 0.05) is 31.4 Å². The third-order valence-corrected chi connectivity index (χ3v) is 4.20. The van der Waals surface area contributed by atoms with E-state index in [4.69, 9.17) is 0 Å². The predicted octanol–water partition coefficient (Wildman–Crippen LogP) is 4.85. The Hall–Kier alpha value is -2.10. The van der Waals surface area contributed by atoms with Crippen LogP contribution in [0.25, 0.3) is 0 Å². The van der Waals surface area contributed by atoms with Crippen molar-refractivity contribution < 1.29 is 9.18 Å². The first kappa shape index (κ1) is 19.2. The summed E-state index contributed by atoms with van der Waals surface area (Å²) >= 11 is 0. The molecular formula is C21H29FN2O. The number of carbonyl (C=O) groups excluding carboxylic acids is 1. The molecule has 0 radical (unpaired) electrons. The smallest absolute Gasteiger partial charge is 0.222 e. The number of halogens is 1. The van der Waals surface area contributed by atoms with Crippen molar-refractivity contribution in [2.24, 2.45) is 5.92 Å². The Balaban J connectivity index is 2.11. The van der Waals surface area contributed by atoms with Crippen molar-refractivity contribution in [1.82, 2.24) is 9.47 Å². The van der Waals surface area contributed by atoms with Crippen LogP contribution in [-0.2, 0) is 17.9 Å². The lowest BCUT2D eigenvalue weighted by Gasteiger charge is -2.25. The molecule has 0 N–H and O–H groups in total. The molecule has 0 atom stereocenters. The summed E-state index contributed by atoms with van der Waals surface area (Å²) in [5.74, 6) is 0.425. The molecule has 3 nitrogen and oxygen atoms in total. The van der Waals surface area contributed by atoms with Gasteiger partial charge < -0.3 is 9.47 Å². The highest BCUT2D eigenvalue weighted by atomic mass is 19.1. The standard InChI is InChI=1S/C21H29FN2O/c1-4-5-11-21(25)24(14-17(2)3)16-20-10-7-12-23(20)15-18-8-6-9-19(22)13-18/h6-10,12-13,17H,4-5,11,14-16H2,1-3H3. The number of benzene rings is 1. The van der Waals surface area contributed by atoms with Gasteiger partial charge in [-0.25, -0.2) is 4.39 Å². The van der Waals surface area contributed by atoms with Gasteiger partial charge in [-0.15, -0.1) is 0 Å². The van der Waals surface area contributed by atoms with Gasteiger partial charge in [0.2, 0.25) is 5.91 Å². The lowest BCUT2D eigenvalue weighted by Crippen LogP contribution is -2.34. The minimum absolute atomic E-state index is 0.217. The van der Waals surface area contributed by atoms with E-state index in [0.29, 0.717) is 25.4 Å². The Bertz CT molecular complexity index is 678. The Labute approximate surface area is 150 Å². The van der Waals surface area contributed by atoms with Crippen molar-refractivity contribution in [1.29, 1.82) is 0 Å². The maximum atomic E-state index is 13.4. The van der Waals surface area contributed by atoms with E-state index in [1.54, 1.807) is 12.1 Å². The van der Waals surface area contributed by atoms with Crippen LogP contribution in [0.3, 0.4) is 0 Å². The fourth-order valence-electron chi connectivity index (χ4n) is 2.96. The Morgan fingerprint density at radius 1 is 1.24 bits per heavy atom. The van der Waals surface area contributed by atoms with Crippen LogP contribution in [0, 0.1) is 11.7 Å². The maximum absolute atomic E-state index is 13.4. The molecule has 2 rings (SSSR count). The molecule has 1 amide bonds. The first-order valence-corrected chi connectivity index (χ1v) is 9.15. The molecule has 136 valence electrons. The van der Waals surface area contributed by atoms with Crippen molar-refractivity contribution in [2.75, 3.05) is 6.54 Å². The third-order valence-electron chi connectivity index (χ3n) is 4.20. The van der Waals surface area contributed by atoms with Gasteiger partial charge in [0.25, 0.3) is 0 Å². The van der Waals surface area contributed by atoms with E-state index in [9.17, 15) is 9.18 Å². The SMILES string of the molecule is CCCCC(=O)N(Cc1cccn1Cc1cccc(F)c1)CC(C)C. The second-order valence-electron chi connectivity index (χ2n) is 7.03. The molecule has 1 heterocycles. The van der Waals surface area contributed by atoms with E-state index in [1.165, 1.54) is 6.07 Å². The molecule has 0 aliphatic rings. The monoisotopic (exact) mass is 344 g/mol. The molecule has 0 saturated carbocycles. The highest BCUT2D eigenvalue weighted by Crippen LogP contribution is 2.14. The highest BCUT2D eigenvalue weighted by Gasteiger charge is 2.16. The molecule has 25 heavy (non-hydrogen) atoms. The Kier molecular flexibility index (Phi) is 7.23. The summed E-state index contributed by atoms with van der Waals surface area (Å²) in [5.41, 5.74) is 2.00. The molecule has 0 saturated heterocycles. The van der Waals surface area contributed by atoms with Crippen molar-refractivity contribution in [3.63, 3.8) is 0 Å². The fraction of sp³-hybridized carbons (Fsp3) is 0.476. The van der Waals surface area contributed by atoms with Crippen molar-refractivity contribution in [2.45, 2.75) is 53.1 Å². The minimum Gasteiger partial charge on any atom is -0.345 e. The number of rotatable bonds is 9. The van der Waals surface area contributed by atoms with Crippen molar-refractivity contribution in [3.05, 3.63) is 59.7 Å². The zero-order valence-corrected chi connectivity index (χ0v) is 15.5. The molecule has 0 aliphatic heterocycles. The first-order chi connectivity index (χ1) is 12.0. The Morgan fingerprint density at radius 2 is 2.04 bits per heavy atom. The number of hydrogen-bond donors (Lipinski definition) is 0. The first-order valence-electron chi connectivity index (χ1n) is 9.15. The van der Waals surface area contributed by atoms with Gasteiger partial charge in [0.15, 0.2) is 0 Å². The third kappa shape index (κ3) is 6.04. The molecule has 1 aromatic carbocycles. The second kappa shape index (κ2) is 9.40. The number of nitrogens with zero attached hydrogens (tertiary/aromatic N) is 2. The predicted molar refractivity (Wildman–Crippen MR) is 99.7 cm³/mol. The summed E-state index contributed by atoms with van der Waals surface area (Å²) in [7, 11) is 0. The van der Waals surface area contributed by atoms with Gasteiger partial charge in [0.1, 0.15) is 5.82 Å². The van der Waals surface area contributed by atoms with Crippen LogP contribution in [0.15, 0.2) is 42.6 Å². The van der Waals surface area contributed by atoms with Gasteiger partial charge in [-0.05, 0) is 42.2 Å². The largest absolute Gasteiger partial charge is 0.345 e. The molecule has 0 spiro atoms. The van der Waals surface area contributed by atoms with E-state index in [-0.39, 0.29) is 11.7 Å². The van der Waals surface area contributed by atoms with Gasteiger partial charge in [-0.3, -0.25) is 4.79 Å². The minimum atomic E-state index is -0.220. The molecule has 4 heteroatoms. The quantitative estimate of drug-likeness (QED) is 0.638. The average Bonchev–Trinajstić information content (AvgIpc) is 2.98. The number of hydrogen-bond acceptors (Lipinski definition) is 1. The van der Waals surface area contributed by atoms with Crippen LogP contribution in [-0.4, -0.2) is 21.9 Å². The van der Waals surface area contributed by atoms with E-state index >= 15 is 0 Å². The number of amides is 1. The van der Waals surface area contributed by atoms with Crippen LogP contribution >= 0.6 is 0 Å². The van der Waals surface area contributed by atoms with Crippen molar-refractivity contribution >= 4 is 5.91 Å². The topological polar surface area (TPSA) is 25.2 Å². The molecule has 0 unspecified atom stereocenters. The zero-order valence-electron chi connectivity index (χ0n) is 15.5. The van der Waals surface area contributed by atoms with Crippen LogP contribution in [0.2, 0.25) is 0 Å². The number of aromatic nitrogens is 1. The van der Waals surface area contributed by atoms with Crippen LogP contribution < -0.4 is 0 Å². The summed E-state index contributed by atoms with van der Waals surface area (Å²) in [4.78, 5) is 14.5. The van der Waals surface area contributed by atoms with E-state index < -0.39 is 0 Å². The number of carbonyl (C=O) groups is 1. The van der Waals surface area contributed by atoms with Crippen LogP contribution in [0.1, 0.15) is 51.3 Å². The average molecular weight is 344 g/mol. The normalized spacial score (nSPS) is 11.1. The van der Waals surface area contributed by atoms with Gasteiger partial charge in [-0.2, -0.15) is 0 Å². The summed E-state index contributed by atoms with van der Waals surface area (Å²) < 4.78 is 15.5. The fourth-order valence-corrected chi connectivity index (χ4v) is 2.96. The van der Waals surface area contributed by atoms with Gasteiger partial charge >= 0.3 is 0 Å². The van der Waals surface area contributed by atoms with Crippen LogP contribution in [0.4, 0.5) is 4.39 Å². The molecule has 0 bridgehead atoms. The summed E-state index contributed by atoms with van der Waals surface area (Å²) in [6, 6.07) is 10.7. The number of unbranched alkanes of at least 4 members (excludes halogenated alkanes) is 1. The summed E-state index contributed by atoms with van der Waals surface area (Å²) in [5, 5.41) is 0. The van der Waals surface area contributed by atoms with Gasteiger partial charge in [-0.1, -0.05) is 39.3 Å². The molecule has 0 aliphatic carbocycles. The van der Waals surface area contributed by atoms with Crippen molar-refractivity contribution in [3.8, 4) is 0 Å². The zero-order chi connectivity index (χ0) is 18.2. The van der Waals surface area contributed by atoms with E-state index in [2.05, 4.69) is 25.3 Å². The lowest BCUT2D eigenvalue weighted by atomic mass is 10.1. The highest BCUT2D eigenvalue weighted by molar-refractivity contribution is 5.76. The maximum Gasteiger partial charge on any atom is 0.222 e.